The van der Waals surface area contributed by atoms with Gasteiger partial charge in [-0.1, -0.05) is 17.2 Å². The Morgan fingerprint density at radius 2 is 1.95 bits per heavy atom. The van der Waals surface area contributed by atoms with E-state index < -0.39 is 0 Å². The van der Waals surface area contributed by atoms with E-state index in [1.807, 2.05) is 26.0 Å². The number of benzene rings is 1. The van der Waals surface area contributed by atoms with Gasteiger partial charge in [-0.15, -0.1) is 11.5 Å². The summed E-state index contributed by atoms with van der Waals surface area (Å²) in [5.74, 6) is 2.41. The molecule has 0 fully saturated rings. The first kappa shape index (κ1) is 13.1. The standard InChI is InChI=1S/C15H13N5O/c1-4-5-19-9-16-14-13(15(19)21)17-18-20(14)12-7-10(2)6-11(3)8-12/h1,6-9H,5H2,2-3H3. The zero-order chi connectivity index (χ0) is 15.0. The second-order valence-corrected chi connectivity index (χ2v) is 4.90. The molecule has 3 aromatic rings. The third kappa shape index (κ3) is 2.19. The molecule has 2 heterocycles. The van der Waals surface area contributed by atoms with Crippen LogP contribution in [0.15, 0.2) is 29.3 Å². The van der Waals surface area contributed by atoms with Crippen LogP contribution in [0.3, 0.4) is 0 Å². The number of aryl methyl sites for hydroxylation is 2. The Morgan fingerprint density at radius 1 is 1.24 bits per heavy atom. The molecule has 0 radical (unpaired) electrons. The van der Waals surface area contributed by atoms with Gasteiger partial charge in [0.15, 0.2) is 11.2 Å². The third-order valence-electron chi connectivity index (χ3n) is 3.14. The molecule has 0 N–H and O–H groups in total. The zero-order valence-electron chi connectivity index (χ0n) is 11.7. The van der Waals surface area contributed by atoms with E-state index in [0.717, 1.165) is 16.8 Å². The highest BCUT2D eigenvalue weighted by Gasteiger charge is 2.13. The molecular formula is C15H13N5O. The Morgan fingerprint density at radius 3 is 2.62 bits per heavy atom. The third-order valence-corrected chi connectivity index (χ3v) is 3.14. The Labute approximate surface area is 121 Å². The summed E-state index contributed by atoms with van der Waals surface area (Å²) in [6, 6.07) is 6.00. The fourth-order valence-corrected chi connectivity index (χ4v) is 2.30. The number of terminal acetylenes is 1. The summed E-state index contributed by atoms with van der Waals surface area (Å²) in [4.78, 5) is 16.5. The number of nitrogens with zero attached hydrogens (tertiary/aromatic N) is 5. The van der Waals surface area contributed by atoms with Crippen LogP contribution in [0.2, 0.25) is 0 Å². The molecular weight excluding hydrogens is 266 g/mol. The van der Waals surface area contributed by atoms with E-state index in [2.05, 4.69) is 27.3 Å². The van der Waals surface area contributed by atoms with Crippen molar-refractivity contribution < 1.29 is 0 Å². The van der Waals surface area contributed by atoms with Gasteiger partial charge in [-0.25, -0.2) is 4.98 Å². The maximum absolute atomic E-state index is 12.2. The van der Waals surface area contributed by atoms with E-state index in [0.29, 0.717) is 5.65 Å². The number of fused-ring (bicyclic) bond motifs is 1. The van der Waals surface area contributed by atoms with Crippen LogP contribution in [0.5, 0.6) is 0 Å². The largest absolute Gasteiger partial charge is 0.285 e. The van der Waals surface area contributed by atoms with E-state index in [1.54, 1.807) is 4.68 Å². The second kappa shape index (κ2) is 4.87. The first-order chi connectivity index (χ1) is 10.1. The first-order valence-corrected chi connectivity index (χ1v) is 6.43. The topological polar surface area (TPSA) is 65.6 Å². The highest BCUT2D eigenvalue weighted by Crippen LogP contribution is 2.15. The van der Waals surface area contributed by atoms with E-state index in [4.69, 9.17) is 6.42 Å². The molecule has 6 nitrogen and oxygen atoms in total. The lowest BCUT2D eigenvalue weighted by Crippen LogP contribution is -2.20. The molecule has 0 saturated carbocycles. The van der Waals surface area contributed by atoms with Crippen LogP contribution >= 0.6 is 0 Å². The zero-order valence-corrected chi connectivity index (χ0v) is 11.7. The Bertz CT molecular complexity index is 909. The van der Waals surface area contributed by atoms with Crippen LogP contribution in [0.4, 0.5) is 0 Å². The molecule has 3 rings (SSSR count). The highest BCUT2D eigenvalue weighted by molar-refractivity contribution is 5.70. The lowest BCUT2D eigenvalue weighted by molar-refractivity contribution is 0.778. The lowest BCUT2D eigenvalue weighted by atomic mass is 10.1. The number of rotatable bonds is 2. The summed E-state index contributed by atoms with van der Waals surface area (Å²) >= 11 is 0. The lowest BCUT2D eigenvalue weighted by Gasteiger charge is -2.05. The molecule has 0 aliphatic rings. The van der Waals surface area contributed by atoms with E-state index in [1.165, 1.54) is 10.9 Å². The van der Waals surface area contributed by atoms with Crippen molar-refractivity contribution in [2.75, 3.05) is 0 Å². The Hall–Kier alpha value is -2.94. The maximum Gasteiger partial charge on any atom is 0.284 e. The minimum atomic E-state index is -0.284. The number of hydrogen-bond donors (Lipinski definition) is 0. The van der Waals surface area contributed by atoms with Gasteiger partial charge in [0.2, 0.25) is 0 Å². The van der Waals surface area contributed by atoms with Crippen molar-refractivity contribution >= 4 is 11.2 Å². The van der Waals surface area contributed by atoms with Gasteiger partial charge in [0.25, 0.3) is 5.56 Å². The molecule has 0 unspecified atom stereocenters. The van der Waals surface area contributed by atoms with Gasteiger partial charge < -0.3 is 0 Å². The van der Waals surface area contributed by atoms with E-state index in [-0.39, 0.29) is 17.6 Å². The van der Waals surface area contributed by atoms with Gasteiger partial charge in [-0.2, -0.15) is 4.68 Å². The predicted molar refractivity (Wildman–Crippen MR) is 79.2 cm³/mol. The average Bonchev–Trinajstić information content (AvgIpc) is 2.85. The molecule has 21 heavy (non-hydrogen) atoms. The predicted octanol–water partition coefficient (Wildman–Crippen LogP) is 1.23. The van der Waals surface area contributed by atoms with Crippen molar-refractivity contribution in [2.45, 2.75) is 20.4 Å². The summed E-state index contributed by atoms with van der Waals surface area (Å²) in [6.45, 7) is 4.17. The van der Waals surface area contributed by atoms with Gasteiger partial charge >= 0.3 is 0 Å². The fraction of sp³-hybridized carbons (Fsp3) is 0.200. The van der Waals surface area contributed by atoms with Gasteiger partial charge in [-0.05, 0) is 37.1 Å². The monoisotopic (exact) mass is 279 g/mol. The molecule has 0 amide bonds. The second-order valence-electron chi connectivity index (χ2n) is 4.90. The van der Waals surface area contributed by atoms with Gasteiger partial charge in [0, 0.05) is 0 Å². The SMILES string of the molecule is C#CCn1cnc2c(nnn2-c2cc(C)cc(C)c2)c1=O. The van der Waals surface area contributed by atoms with Crippen LogP contribution in [0, 0.1) is 26.2 Å². The highest BCUT2D eigenvalue weighted by atomic mass is 16.1. The summed E-state index contributed by atoms with van der Waals surface area (Å²) in [7, 11) is 0. The van der Waals surface area contributed by atoms with Crippen molar-refractivity contribution in [1.82, 2.24) is 24.5 Å². The van der Waals surface area contributed by atoms with Gasteiger partial charge in [0.05, 0.1) is 12.2 Å². The Balaban J connectivity index is 2.24. The van der Waals surface area contributed by atoms with E-state index >= 15 is 0 Å². The molecule has 0 spiro atoms. The molecule has 1 aromatic carbocycles. The summed E-state index contributed by atoms with van der Waals surface area (Å²) in [6.07, 6.45) is 6.65. The molecule has 2 aromatic heterocycles. The van der Waals surface area contributed by atoms with Crippen LogP contribution < -0.4 is 5.56 Å². The maximum atomic E-state index is 12.2. The summed E-state index contributed by atoms with van der Waals surface area (Å²) in [5, 5.41) is 7.99. The molecule has 0 aliphatic heterocycles. The van der Waals surface area contributed by atoms with Crippen molar-refractivity contribution in [3.63, 3.8) is 0 Å². The average molecular weight is 279 g/mol. The first-order valence-electron chi connectivity index (χ1n) is 6.43. The molecule has 6 heteroatoms. The van der Waals surface area contributed by atoms with Gasteiger partial charge in [-0.3, -0.25) is 9.36 Å². The minimum absolute atomic E-state index is 0.165. The van der Waals surface area contributed by atoms with Crippen molar-refractivity contribution in [2.24, 2.45) is 0 Å². The molecule has 0 aliphatic carbocycles. The summed E-state index contributed by atoms with van der Waals surface area (Å²) < 4.78 is 2.90. The van der Waals surface area contributed by atoms with Crippen molar-refractivity contribution in [1.29, 1.82) is 0 Å². The van der Waals surface area contributed by atoms with Crippen LogP contribution in [-0.2, 0) is 6.54 Å². The van der Waals surface area contributed by atoms with Crippen molar-refractivity contribution in [3.05, 3.63) is 46.0 Å². The number of aromatic nitrogens is 5. The molecule has 0 saturated heterocycles. The normalized spacial score (nSPS) is 10.7. The van der Waals surface area contributed by atoms with Crippen LogP contribution in [-0.4, -0.2) is 24.5 Å². The quantitative estimate of drug-likeness (QED) is 0.662. The number of hydrogen-bond acceptors (Lipinski definition) is 4. The van der Waals surface area contributed by atoms with Crippen LogP contribution in [0.25, 0.3) is 16.9 Å². The van der Waals surface area contributed by atoms with Crippen LogP contribution in [0.1, 0.15) is 11.1 Å². The molecule has 0 bridgehead atoms. The Kier molecular flexibility index (Phi) is 3.03. The minimum Gasteiger partial charge on any atom is -0.285 e. The molecule has 104 valence electrons. The summed E-state index contributed by atoms with van der Waals surface area (Å²) in [5.41, 5.74) is 3.40. The molecule has 0 atom stereocenters. The smallest absolute Gasteiger partial charge is 0.284 e. The van der Waals surface area contributed by atoms with E-state index in [9.17, 15) is 4.79 Å². The van der Waals surface area contributed by atoms with Crippen molar-refractivity contribution in [3.8, 4) is 18.0 Å². The van der Waals surface area contributed by atoms with Gasteiger partial charge in [0.1, 0.15) is 6.33 Å². The fourth-order valence-electron chi connectivity index (χ4n) is 2.30.